The lowest BCUT2D eigenvalue weighted by Crippen LogP contribution is -2.37. The molecule has 0 spiro atoms. The molecule has 6 nitrogen and oxygen atoms in total. The fourth-order valence-electron chi connectivity index (χ4n) is 2.82. The van der Waals surface area contributed by atoms with Crippen LogP contribution in [0.1, 0.15) is 48.7 Å². The van der Waals surface area contributed by atoms with Crippen LogP contribution in [0.25, 0.3) is 0 Å². The molecule has 30 heavy (non-hydrogen) atoms. The van der Waals surface area contributed by atoms with Crippen molar-refractivity contribution in [2.75, 3.05) is 5.32 Å². The van der Waals surface area contributed by atoms with Crippen LogP contribution < -0.4 is 10.6 Å². The van der Waals surface area contributed by atoms with E-state index in [-0.39, 0.29) is 17.4 Å². The van der Waals surface area contributed by atoms with E-state index in [1.54, 1.807) is 49.4 Å². The average molecular weight is 449 g/mol. The molecule has 158 valence electrons. The van der Waals surface area contributed by atoms with Crippen molar-refractivity contribution in [3.8, 4) is 0 Å². The van der Waals surface area contributed by atoms with Gasteiger partial charge in [0.1, 0.15) is 0 Å². The van der Waals surface area contributed by atoms with Crippen LogP contribution in [-0.2, 0) is 14.3 Å². The first-order valence-electron chi connectivity index (χ1n) is 9.62. The van der Waals surface area contributed by atoms with Gasteiger partial charge in [-0.1, -0.05) is 29.3 Å². The van der Waals surface area contributed by atoms with Crippen LogP contribution in [0.4, 0.5) is 5.69 Å². The molecule has 1 fully saturated rings. The number of nitrogens with one attached hydrogen (secondary N) is 2. The zero-order valence-corrected chi connectivity index (χ0v) is 18.1. The van der Waals surface area contributed by atoms with Crippen molar-refractivity contribution in [2.24, 2.45) is 5.92 Å². The molecule has 2 unspecified atom stereocenters. The van der Waals surface area contributed by atoms with Crippen LogP contribution in [-0.4, -0.2) is 23.9 Å². The quantitative estimate of drug-likeness (QED) is 0.597. The molecule has 1 aliphatic carbocycles. The topological polar surface area (TPSA) is 84.5 Å². The minimum atomic E-state index is -1.000. The van der Waals surface area contributed by atoms with Gasteiger partial charge in [-0.3, -0.25) is 9.59 Å². The molecular weight excluding hydrogens is 427 g/mol. The Morgan fingerprint density at radius 1 is 1.03 bits per heavy atom. The molecule has 1 saturated carbocycles. The van der Waals surface area contributed by atoms with Crippen molar-refractivity contribution in [1.82, 2.24) is 5.32 Å². The highest BCUT2D eigenvalue weighted by atomic mass is 35.5. The fraction of sp³-hybridized carbons (Fsp3) is 0.318. The van der Waals surface area contributed by atoms with E-state index in [0.717, 1.165) is 12.8 Å². The zero-order chi connectivity index (χ0) is 21.8. The maximum absolute atomic E-state index is 12.4. The molecule has 0 bridgehead atoms. The molecular formula is C22H22Cl2N2O4. The summed E-state index contributed by atoms with van der Waals surface area (Å²) in [5, 5.41) is 6.51. The summed E-state index contributed by atoms with van der Waals surface area (Å²) in [7, 11) is 0. The van der Waals surface area contributed by atoms with E-state index in [1.807, 2.05) is 0 Å². The predicted molar refractivity (Wildman–Crippen MR) is 116 cm³/mol. The van der Waals surface area contributed by atoms with Gasteiger partial charge in [0.05, 0.1) is 11.6 Å². The van der Waals surface area contributed by atoms with Crippen LogP contribution in [0.2, 0.25) is 10.0 Å². The monoisotopic (exact) mass is 448 g/mol. The number of rotatable bonds is 7. The second-order valence-electron chi connectivity index (χ2n) is 7.28. The summed E-state index contributed by atoms with van der Waals surface area (Å²) in [6, 6.07) is 11.0. The third-order valence-corrected chi connectivity index (χ3v) is 5.34. The third-order valence-electron chi connectivity index (χ3n) is 4.78. The molecule has 0 radical (unpaired) electrons. The van der Waals surface area contributed by atoms with Gasteiger partial charge in [-0.2, -0.15) is 0 Å². The van der Waals surface area contributed by atoms with Gasteiger partial charge in [0.15, 0.2) is 6.10 Å². The Hall–Kier alpha value is -2.57. The summed E-state index contributed by atoms with van der Waals surface area (Å²) in [5.74, 6) is -0.991. The van der Waals surface area contributed by atoms with Crippen molar-refractivity contribution in [1.29, 1.82) is 0 Å². The van der Waals surface area contributed by atoms with E-state index in [9.17, 15) is 14.4 Å². The summed E-state index contributed by atoms with van der Waals surface area (Å²) in [5.41, 5.74) is 1.60. The molecule has 2 aromatic rings. The van der Waals surface area contributed by atoms with E-state index in [0.29, 0.717) is 21.3 Å². The SMILES string of the molecule is CC(OC(=O)c1ccc(NC(=O)C2CC2)cc1)C(=O)NC(C)c1ccc(Cl)cc1Cl. The largest absolute Gasteiger partial charge is 0.449 e. The van der Waals surface area contributed by atoms with E-state index in [2.05, 4.69) is 10.6 Å². The first-order valence-corrected chi connectivity index (χ1v) is 10.4. The zero-order valence-electron chi connectivity index (χ0n) is 16.6. The van der Waals surface area contributed by atoms with Gasteiger partial charge in [0.2, 0.25) is 5.91 Å². The number of carbonyl (C=O) groups is 3. The minimum Gasteiger partial charge on any atom is -0.449 e. The third kappa shape index (κ3) is 5.74. The number of esters is 1. The summed E-state index contributed by atoms with van der Waals surface area (Å²) in [4.78, 5) is 36.5. The minimum absolute atomic E-state index is 0.00877. The Labute approximate surface area is 184 Å². The Bertz CT molecular complexity index is 958. The lowest BCUT2D eigenvalue weighted by atomic mass is 10.1. The maximum Gasteiger partial charge on any atom is 0.338 e. The predicted octanol–water partition coefficient (Wildman–Crippen LogP) is 4.76. The Kier molecular flexibility index (Phi) is 7.00. The lowest BCUT2D eigenvalue weighted by Gasteiger charge is -2.19. The normalized spacial score (nSPS) is 15.1. The molecule has 2 N–H and O–H groups in total. The standard InChI is InChI=1S/C22H22Cl2N2O4/c1-12(18-10-7-16(23)11-19(18)24)25-20(27)13(2)30-22(29)15-5-8-17(9-6-15)26-21(28)14-3-4-14/h5-14H,3-4H2,1-2H3,(H,25,27)(H,26,28). The molecule has 0 heterocycles. The number of anilines is 1. The van der Waals surface area contributed by atoms with Crippen molar-refractivity contribution >= 4 is 46.7 Å². The van der Waals surface area contributed by atoms with E-state index in [1.165, 1.54) is 6.92 Å². The lowest BCUT2D eigenvalue weighted by molar-refractivity contribution is -0.129. The first-order chi connectivity index (χ1) is 14.2. The number of hydrogen-bond acceptors (Lipinski definition) is 4. The van der Waals surface area contributed by atoms with Gasteiger partial charge in [-0.25, -0.2) is 4.79 Å². The molecule has 3 rings (SSSR count). The van der Waals surface area contributed by atoms with Crippen LogP contribution >= 0.6 is 23.2 Å². The fourth-order valence-corrected chi connectivity index (χ4v) is 3.39. The summed E-state index contributed by atoms with van der Waals surface area (Å²) in [6.45, 7) is 3.27. The van der Waals surface area contributed by atoms with Gasteiger partial charge < -0.3 is 15.4 Å². The van der Waals surface area contributed by atoms with E-state index < -0.39 is 24.0 Å². The summed E-state index contributed by atoms with van der Waals surface area (Å²) < 4.78 is 5.26. The Balaban J connectivity index is 1.53. The van der Waals surface area contributed by atoms with Gasteiger partial charge in [-0.05, 0) is 68.7 Å². The van der Waals surface area contributed by atoms with Crippen molar-refractivity contribution in [3.05, 3.63) is 63.6 Å². The second kappa shape index (κ2) is 9.49. The summed E-state index contributed by atoms with van der Waals surface area (Å²) in [6.07, 6.45) is 0.832. The molecule has 8 heteroatoms. The van der Waals surface area contributed by atoms with Crippen LogP contribution in [0.5, 0.6) is 0 Å². The highest BCUT2D eigenvalue weighted by Gasteiger charge is 2.29. The Morgan fingerprint density at radius 3 is 2.30 bits per heavy atom. The number of halogens is 2. The molecule has 0 saturated heterocycles. The number of carbonyl (C=O) groups excluding carboxylic acids is 3. The molecule has 1 aliphatic rings. The molecule has 2 atom stereocenters. The van der Waals surface area contributed by atoms with Gasteiger partial charge in [0.25, 0.3) is 5.91 Å². The van der Waals surface area contributed by atoms with Crippen molar-refractivity contribution in [2.45, 2.75) is 38.8 Å². The van der Waals surface area contributed by atoms with Gasteiger partial charge in [-0.15, -0.1) is 0 Å². The second-order valence-corrected chi connectivity index (χ2v) is 8.13. The highest BCUT2D eigenvalue weighted by molar-refractivity contribution is 6.35. The van der Waals surface area contributed by atoms with Crippen LogP contribution in [0, 0.1) is 5.92 Å². The molecule has 0 aromatic heterocycles. The number of ether oxygens (including phenoxy) is 1. The van der Waals surface area contributed by atoms with E-state index >= 15 is 0 Å². The van der Waals surface area contributed by atoms with Crippen LogP contribution in [0.15, 0.2) is 42.5 Å². The maximum atomic E-state index is 12.4. The Morgan fingerprint density at radius 2 is 1.70 bits per heavy atom. The number of hydrogen-bond donors (Lipinski definition) is 2. The smallest absolute Gasteiger partial charge is 0.338 e. The molecule has 2 amide bonds. The summed E-state index contributed by atoms with van der Waals surface area (Å²) >= 11 is 12.1. The van der Waals surface area contributed by atoms with Crippen molar-refractivity contribution in [3.63, 3.8) is 0 Å². The number of benzene rings is 2. The van der Waals surface area contributed by atoms with Gasteiger partial charge >= 0.3 is 5.97 Å². The van der Waals surface area contributed by atoms with Gasteiger partial charge in [0, 0.05) is 21.7 Å². The highest BCUT2D eigenvalue weighted by Crippen LogP contribution is 2.30. The average Bonchev–Trinajstić information content (AvgIpc) is 3.53. The number of amides is 2. The van der Waals surface area contributed by atoms with Crippen molar-refractivity contribution < 1.29 is 19.1 Å². The van der Waals surface area contributed by atoms with E-state index in [4.69, 9.17) is 27.9 Å². The molecule has 2 aromatic carbocycles. The first kappa shape index (κ1) is 22.1. The molecule has 0 aliphatic heterocycles. The van der Waals surface area contributed by atoms with Crippen LogP contribution in [0.3, 0.4) is 0 Å².